The molecule has 0 unspecified atom stereocenters. The molecule has 11 heteroatoms. The van der Waals surface area contributed by atoms with E-state index in [0.717, 1.165) is 17.7 Å². The average molecular weight is 490 g/mol. The molecule has 0 saturated heterocycles. The summed E-state index contributed by atoms with van der Waals surface area (Å²) in [6.07, 6.45) is 4.97. The zero-order chi connectivity index (χ0) is 24.6. The van der Waals surface area contributed by atoms with Crippen LogP contribution in [-0.2, 0) is 17.9 Å². The average Bonchev–Trinajstić information content (AvgIpc) is 3.24. The van der Waals surface area contributed by atoms with Crippen molar-refractivity contribution in [2.75, 3.05) is 21.7 Å². The van der Waals surface area contributed by atoms with E-state index < -0.39 is 17.5 Å². The van der Waals surface area contributed by atoms with Crippen LogP contribution in [0.15, 0.2) is 30.7 Å². The number of nitrogens with zero attached hydrogens (tertiary/aromatic N) is 6. The minimum absolute atomic E-state index is 0. The van der Waals surface area contributed by atoms with Crippen molar-refractivity contribution < 1.29 is 18.0 Å². The van der Waals surface area contributed by atoms with Gasteiger partial charge >= 0.3 is 0 Å². The third-order valence-electron chi connectivity index (χ3n) is 5.72. The fourth-order valence-electron chi connectivity index (χ4n) is 4.15. The van der Waals surface area contributed by atoms with Crippen molar-refractivity contribution in [1.29, 1.82) is 0 Å². The number of hydrogen-bond acceptors (Lipinski definition) is 6. The Morgan fingerprint density at radius 3 is 2.43 bits per heavy atom. The lowest BCUT2D eigenvalue weighted by Crippen LogP contribution is -2.54. The number of halogens is 3. The van der Waals surface area contributed by atoms with Gasteiger partial charge in [-0.2, -0.15) is 10.1 Å². The SMILES string of the molecule is C.CCN1C(=O)[C@@H](C)N(C(C)C)c2nc(NCc3cnn(Cc4cc(F)c(F)c(F)c4)c3)ncc21. The van der Waals surface area contributed by atoms with Crippen LogP contribution in [0.2, 0.25) is 0 Å². The normalized spacial score (nSPS) is 15.3. The summed E-state index contributed by atoms with van der Waals surface area (Å²) >= 11 is 0. The van der Waals surface area contributed by atoms with Crippen LogP contribution in [0.25, 0.3) is 0 Å². The first-order chi connectivity index (χ1) is 16.2. The largest absolute Gasteiger partial charge is 0.350 e. The molecular formula is C24H30F3N7O. The van der Waals surface area contributed by atoms with Crippen LogP contribution in [0.5, 0.6) is 0 Å². The van der Waals surface area contributed by atoms with Crippen molar-refractivity contribution in [2.45, 2.75) is 60.3 Å². The van der Waals surface area contributed by atoms with Gasteiger partial charge in [0.1, 0.15) is 11.7 Å². The van der Waals surface area contributed by atoms with Gasteiger partial charge in [-0.1, -0.05) is 7.43 Å². The fourth-order valence-corrected chi connectivity index (χ4v) is 4.15. The predicted octanol–water partition coefficient (Wildman–Crippen LogP) is 4.36. The van der Waals surface area contributed by atoms with Crippen LogP contribution in [0.1, 0.15) is 46.2 Å². The third-order valence-corrected chi connectivity index (χ3v) is 5.72. The molecule has 1 amide bonds. The maximum atomic E-state index is 13.5. The molecule has 8 nitrogen and oxygen atoms in total. The summed E-state index contributed by atoms with van der Waals surface area (Å²) in [6, 6.07) is 1.63. The van der Waals surface area contributed by atoms with Crippen LogP contribution in [-0.4, -0.2) is 44.3 Å². The number of fused-ring (bicyclic) bond motifs is 1. The van der Waals surface area contributed by atoms with Gasteiger partial charge < -0.3 is 15.1 Å². The molecule has 1 aromatic carbocycles. The Morgan fingerprint density at radius 1 is 1.11 bits per heavy atom. The standard InChI is InChI=1S/C23H26F3N7O.CH4/c1-5-32-19-10-28-23(30-21(19)33(13(2)3)14(4)22(32)34)27-8-16-9-29-31(12-16)11-15-6-17(24)20(26)18(25)7-15;/h6-7,9-10,12-14H,5,8,11H2,1-4H3,(H,27,28,30);1H4/t14-;/m1./s1. The Hall–Kier alpha value is -3.63. The molecule has 0 bridgehead atoms. The Labute approximate surface area is 202 Å². The van der Waals surface area contributed by atoms with Gasteiger partial charge in [-0.25, -0.2) is 18.2 Å². The number of carbonyl (C=O) groups is 1. The molecule has 3 heterocycles. The van der Waals surface area contributed by atoms with Gasteiger partial charge in [0.2, 0.25) is 11.9 Å². The Balaban J connectivity index is 0.00000342. The van der Waals surface area contributed by atoms with E-state index in [0.29, 0.717) is 30.5 Å². The molecule has 0 saturated carbocycles. The van der Waals surface area contributed by atoms with Crippen molar-refractivity contribution in [3.63, 3.8) is 0 Å². The molecule has 1 aliphatic rings. The smallest absolute Gasteiger partial charge is 0.249 e. The molecule has 0 spiro atoms. The molecule has 4 rings (SSSR count). The summed E-state index contributed by atoms with van der Waals surface area (Å²) in [5.41, 5.74) is 1.73. The van der Waals surface area contributed by atoms with E-state index in [1.807, 2.05) is 32.6 Å². The van der Waals surface area contributed by atoms with Crippen molar-refractivity contribution >= 4 is 23.4 Å². The van der Waals surface area contributed by atoms with Crippen molar-refractivity contribution in [3.8, 4) is 0 Å². The van der Waals surface area contributed by atoms with E-state index >= 15 is 0 Å². The molecule has 0 aliphatic carbocycles. The molecule has 1 atom stereocenters. The van der Waals surface area contributed by atoms with E-state index in [9.17, 15) is 18.0 Å². The quantitative estimate of drug-likeness (QED) is 0.497. The Kier molecular flexibility index (Phi) is 7.67. The maximum absolute atomic E-state index is 13.5. The zero-order valence-corrected chi connectivity index (χ0v) is 19.4. The first-order valence-electron chi connectivity index (χ1n) is 11.0. The third kappa shape index (κ3) is 5.08. The Morgan fingerprint density at radius 2 is 1.80 bits per heavy atom. The van der Waals surface area contributed by atoms with E-state index in [-0.39, 0.29) is 37.5 Å². The number of benzene rings is 1. The monoisotopic (exact) mass is 489 g/mol. The highest BCUT2D eigenvalue weighted by atomic mass is 19.2. The molecule has 3 aromatic rings. The second-order valence-electron chi connectivity index (χ2n) is 8.44. The molecule has 0 radical (unpaired) electrons. The molecule has 1 aliphatic heterocycles. The van der Waals surface area contributed by atoms with Crippen molar-refractivity contribution in [3.05, 3.63) is 59.3 Å². The highest BCUT2D eigenvalue weighted by Crippen LogP contribution is 2.35. The summed E-state index contributed by atoms with van der Waals surface area (Å²) in [5.74, 6) is -2.85. The van der Waals surface area contributed by atoms with Crippen LogP contribution in [0.3, 0.4) is 0 Å². The predicted molar refractivity (Wildman–Crippen MR) is 129 cm³/mol. The number of aromatic nitrogens is 4. The number of likely N-dealkylation sites (N-methyl/N-ethyl adjacent to an activating group) is 1. The number of amides is 1. The molecule has 0 fully saturated rings. The number of rotatable bonds is 7. The fraction of sp³-hybridized carbons (Fsp3) is 0.417. The van der Waals surface area contributed by atoms with E-state index in [4.69, 9.17) is 0 Å². The van der Waals surface area contributed by atoms with Crippen molar-refractivity contribution in [1.82, 2.24) is 19.7 Å². The topological polar surface area (TPSA) is 79.2 Å². The Bertz CT molecular complexity index is 1190. The number of anilines is 3. The van der Waals surface area contributed by atoms with Gasteiger partial charge in [-0.15, -0.1) is 0 Å². The molecule has 2 aromatic heterocycles. The van der Waals surface area contributed by atoms with E-state index in [2.05, 4.69) is 20.4 Å². The first kappa shape index (κ1) is 26.0. The lowest BCUT2D eigenvalue weighted by atomic mass is 10.1. The summed E-state index contributed by atoms with van der Waals surface area (Å²) in [5, 5.41) is 7.35. The van der Waals surface area contributed by atoms with Gasteiger partial charge in [-0.05, 0) is 45.4 Å². The van der Waals surface area contributed by atoms with Crippen molar-refractivity contribution in [2.24, 2.45) is 0 Å². The highest BCUT2D eigenvalue weighted by molar-refractivity contribution is 6.04. The van der Waals surface area contributed by atoms with Gasteiger partial charge in [-0.3, -0.25) is 9.48 Å². The zero-order valence-electron chi connectivity index (χ0n) is 19.4. The van der Waals surface area contributed by atoms with E-state index in [1.54, 1.807) is 23.5 Å². The summed E-state index contributed by atoms with van der Waals surface area (Å²) in [7, 11) is 0. The molecule has 1 N–H and O–H groups in total. The van der Waals surface area contributed by atoms with Gasteiger partial charge in [0.05, 0.1) is 18.9 Å². The number of hydrogen-bond donors (Lipinski definition) is 1. The van der Waals surface area contributed by atoms with Crippen LogP contribution < -0.4 is 15.1 Å². The second-order valence-corrected chi connectivity index (χ2v) is 8.44. The second kappa shape index (κ2) is 10.3. The van der Waals surface area contributed by atoms with Gasteiger partial charge in [0, 0.05) is 30.9 Å². The maximum Gasteiger partial charge on any atom is 0.249 e. The minimum Gasteiger partial charge on any atom is -0.350 e. The number of carbonyl (C=O) groups excluding carboxylic acids is 1. The molecule has 188 valence electrons. The summed E-state index contributed by atoms with van der Waals surface area (Å²) in [6.45, 7) is 8.78. The summed E-state index contributed by atoms with van der Waals surface area (Å²) < 4.78 is 41.6. The number of nitrogens with one attached hydrogen (secondary N) is 1. The van der Waals surface area contributed by atoms with E-state index in [1.165, 1.54) is 4.68 Å². The van der Waals surface area contributed by atoms with Gasteiger partial charge in [0.15, 0.2) is 23.3 Å². The van der Waals surface area contributed by atoms with Crippen LogP contribution in [0.4, 0.5) is 30.6 Å². The first-order valence-corrected chi connectivity index (χ1v) is 11.0. The molecular weight excluding hydrogens is 459 g/mol. The lowest BCUT2D eigenvalue weighted by Gasteiger charge is -2.42. The highest BCUT2D eigenvalue weighted by Gasteiger charge is 2.37. The lowest BCUT2D eigenvalue weighted by molar-refractivity contribution is -0.120. The van der Waals surface area contributed by atoms with Crippen LogP contribution in [0, 0.1) is 17.5 Å². The van der Waals surface area contributed by atoms with Gasteiger partial charge in [0.25, 0.3) is 0 Å². The van der Waals surface area contributed by atoms with Crippen LogP contribution >= 0.6 is 0 Å². The molecule has 35 heavy (non-hydrogen) atoms. The summed E-state index contributed by atoms with van der Waals surface area (Å²) in [4.78, 5) is 25.5. The minimum atomic E-state index is -1.49.